The van der Waals surface area contributed by atoms with E-state index in [0.717, 1.165) is 12.8 Å². The van der Waals surface area contributed by atoms with Crippen LogP contribution in [-0.4, -0.2) is 23.6 Å². The maximum Gasteiger partial charge on any atom is 0.240 e. The molecule has 2 rings (SSSR count). The van der Waals surface area contributed by atoms with Gasteiger partial charge >= 0.3 is 0 Å². The molecule has 0 saturated heterocycles. The molecule has 18 heavy (non-hydrogen) atoms. The number of nitrogens with one attached hydrogen (secondary N) is 2. The van der Waals surface area contributed by atoms with E-state index in [9.17, 15) is 4.79 Å². The number of carbonyl (C=O) groups excluding carboxylic acids is 1. The molecule has 1 heterocycles. The number of hydrogen-bond donors (Lipinski definition) is 2. The maximum atomic E-state index is 11.7. The van der Waals surface area contributed by atoms with Crippen molar-refractivity contribution in [3.63, 3.8) is 0 Å². The summed E-state index contributed by atoms with van der Waals surface area (Å²) in [6.07, 6.45) is 6.32. The summed E-state index contributed by atoms with van der Waals surface area (Å²) in [6, 6.07) is 2.87. The van der Waals surface area contributed by atoms with Gasteiger partial charge in [-0.3, -0.25) is 4.79 Å². The lowest BCUT2D eigenvalue weighted by molar-refractivity contribution is -0.121. The lowest BCUT2D eigenvalue weighted by Gasteiger charge is -2.18. The first-order valence-corrected chi connectivity index (χ1v) is 6.72. The van der Waals surface area contributed by atoms with Crippen LogP contribution in [0.5, 0.6) is 0 Å². The standard InChI is InChI=1S/C14H23N3O/c1-10(2)14(15-3)11-6-7-17(8-11)9-13(18)16-12-4-5-12/h6-8,10,12,14-15H,4-5,9H2,1-3H3,(H,16,18). The second-order valence-electron chi connectivity index (χ2n) is 5.47. The van der Waals surface area contributed by atoms with Gasteiger partial charge in [0.2, 0.25) is 5.91 Å². The van der Waals surface area contributed by atoms with Gasteiger partial charge in [-0.1, -0.05) is 13.8 Å². The Hall–Kier alpha value is -1.29. The van der Waals surface area contributed by atoms with Crippen LogP contribution in [0.3, 0.4) is 0 Å². The quantitative estimate of drug-likeness (QED) is 0.806. The van der Waals surface area contributed by atoms with E-state index >= 15 is 0 Å². The minimum absolute atomic E-state index is 0.116. The van der Waals surface area contributed by atoms with E-state index in [1.54, 1.807) is 0 Å². The fourth-order valence-electron chi connectivity index (χ4n) is 2.29. The molecular weight excluding hydrogens is 226 g/mol. The van der Waals surface area contributed by atoms with Gasteiger partial charge in [0, 0.05) is 24.5 Å². The van der Waals surface area contributed by atoms with Crippen molar-refractivity contribution in [2.45, 2.75) is 45.3 Å². The Morgan fingerprint density at radius 2 is 2.22 bits per heavy atom. The molecular formula is C14H23N3O. The summed E-state index contributed by atoms with van der Waals surface area (Å²) in [4.78, 5) is 11.7. The van der Waals surface area contributed by atoms with Crippen molar-refractivity contribution < 1.29 is 4.79 Å². The third kappa shape index (κ3) is 3.35. The van der Waals surface area contributed by atoms with Gasteiger partial charge in [0.15, 0.2) is 0 Å². The number of nitrogens with zero attached hydrogens (tertiary/aromatic N) is 1. The van der Waals surface area contributed by atoms with Crippen molar-refractivity contribution in [3.05, 3.63) is 24.0 Å². The van der Waals surface area contributed by atoms with Crippen molar-refractivity contribution in [1.29, 1.82) is 0 Å². The van der Waals surface area contributed by atoms with Gasteiger partial charge in [0.05, 0.1) is 0 Å². The second kappa shape index (κ2) is 5.57. The first kappa shape index (κ1) is 13.1. The van der Waals surface area contributed by atoms with Gasteiger partial charge in [-0.2, -0.15) is 0 Å². The molecule has 1 aromatic heterocycles. The molecule has 2 N–H and O–H groups in total. The van der Waals surface area contributed by atoms with Crippen molar-refractivity contribution in [2.75, 3.05) is 7.05 Å². The van der Waals surface area contributed by atoms with Gasteiger partial charge in [-0.25, -0.2) is 0 Å². The highest BCUT2D eigenvalue weighted by Crippen LogP contribution is 2.21. The lowest BCUT2D eigenvalue weighted by atomic mass is 9.99. The summed E-state index contributed by atoms with van der Waals surface area (Å²) in [5.41, 5.74) is 1.24. The molecule has 0 spiro atoms. The topological polar surface area (TPSA) is 46.1 Å². The average Bonchev–Trinajstić information content (AvgIpc) is 2.98. The Labute approximate surface area is 109 Å². The summed E-state index contributed by atoms with van der Waals surface area (Å²) in [5, 5.41) is 6.31. The fraction of sp³-hybridized carbons (Fsp3) is 0.643. The fourth-order valence-corrected chi connectivity index (χ4v) is 2.29. The van der Waals surface area contributed by atoms with Gasteiger partial charge in [0.1, 0.15) is 6.54 Å². The van der Waals surface area contributed by atoms with E-state index in [4.69, 9.17) is 0 Å². The average molecular weight is 249 g/mol. The molecule has 0 aliphatic heterocycles. The van der Waals surface area contributed by atoms with Crippen LogP contribution in [0, 0.1) is 5.92 Å². The summed E-state index contributed by atoms with van der Waals surface area (Å²) in [5.74, 6) is 0.649. The van der Waals surface area contributed by atoms with E-state index < -0.39 is 0 Å². The van der Waals surface area contributed by atoms with Gasteiger partial charge in [-0.15, -0.1) is 0 Å². The van der Waals surface area contributed by atoms with Crippen LogP contribution < -0.4 is 10.6 Å². The number of rotatable bonds is 6. The zero-order chi connectivity index (χ0) is 13.1. The largest absolute Gasteiger partial charge is 0.352 e. The molecule has 1 atom stereocenters. The van der Waals surface area contributed by atoms with E-state index in [1.165, 1.54) is 5.56 Å². The molecule has 1 aromatic rings. The predicted octanol–water partition coefficient (Wildman–Crippen LogP) is 1.68. The summed E-state index contributed by atoms with van der Waals surface area (Å²) in [7, 11) is 1.97. The number of amides is 1. The summed E-state index contributed by atoms with van der Waals surface area (Å²) in [6.45, 7) is 4.81. The van der Waals surface area contributed by atoms with E-state index in [0.29, 0.717) is 24.5 Å². The molecule has 0 aromatic carbocycles. The molecule has 4 nitrogen and oxygen atoms in total. The van der Waals surface area contributed by atoms with Crippen LogP contribution in [0.2, 0.25) is 0 Å². The smallest absolute Gasteiger partial charge is 0.240 e. The molecule has 0 radical (unpaired) electrons. The van der Waals surface area contributed by atoms with E-state index in [2.05, 4.69) is 36.7 Å². The third-order valence-electron chi connectivity index (χ3n) is 3.38. The molecule has 1 amide bonds. The van der Waals surface area contributed by atoms with E-state index in [1.807, 2.05) is 17.8 Å². The highest BCUT2D eigenvalue weighted by molar-refractivity contribution is 5.76. The first-order chi connectivity index (χ1) is 8.60. The Morgan fingerprint density at radius 3 is 2.78 bits per heavy atom. The molecule has 1 saturated carbocycles. The predicted molar refractivity (Wildman–Crippen MR) is 72.2 cm³/mol. The lowest BCUT2D eigenvalue weighted by Crippen LogP contribution is -2.29. The monoisotopic (exact) mass is 249 g/mol. The first-order valence-electron chi connectivity index (χ1n) is 6.72. The molecule has 0 bridgehead atoms. The molecule has 1 unspecified atom stereocenters. The molecule has 1 aliphatic rings. The Bertz CT molecular complexity index is 407. The highest BCUT2D eigenvalue weighted by Gasteiger charge is 2.23. The van der Waals surface area contributed by atoms with E-state index in [-0.39, 0.29) is 5.91 Å². The van der Waals surface area contributed by atoms with Crippen LogP contribution in [0.1, 0.15) is 38.3 Å². The third-order valence-corrected chi connectivity index (χ3v) is 3.38. The van der Waals surface area contributed by atoms with Crippen molar-refractivity contribution in [2.24, 2.45) is 5.92 Å². The number of hydrogen-bond acceptors (Lipinski definition) is 2. The summed E-state index contributed by atoms with van der Waals surface area (Å²) >= 11 is 0. The molecule has 100 valence electrons. The second-order valence-corrected chi connectivity index (χ2v) is 5.47. The van der Waals surface area contributed by atoms with Crippen molar-refractivity contribution in [1.82, 2.24) is 15.2 Å². The Morgan fingerprint density at radius 1 is 1.50 bits per heavy atom. The summed E-state index contributed by atoms with van der Waals surface area (Å²) < 4.78 is 1.96. The minimum Gasteiger partial charge on any atom is -0.352 e. The van der Waals surface area contributed by atoms with Crippen LogP contribution in [0.15, 0.2) is 18.5 Å². The van der Waals surface area contributed by atoms with Crippen molar-refractivity contribution >= 4 is 5.91 Å². The number of carbonyl (C=O) groups is 1. The number of aromatic nitrogens is 1. The maximum absolute atomic E-state index is 11.7. The SMILES string of the molecule is CNC(c1ccn(CC(=O)NC2CC2)c1)C(C)C. The molecule has 1 fully saturated rings. The minimum atomic E-state index is 0.116. The molecule has 1 aliphatic carbocycles. The van der Waals surface area contributed by atoms with Gasteiger partial charge in [0.25, 0.3) is 0 Å². The van der Waals surface area contributed by atoms with Crippen molar-refractivity contribution in [3.8, 4) is 0 Å². The normalized spacial score (nSPS) is 16.9. The Kier molecular flexibility index (Phi) is 4.07. The van der Waals surface area contributed by atoms with Crippen LogP contribution in [0.25, 0.3) is 0 Å². The van der Waals surface area contributed by atoms with Crippen LogP contribution in [-0.2, 0) is 11.3 Å². The highest BCUT2D eigenvalue weighted by atomic mass is 16.2. The molecule has 4 heteroatoms. The zero-order valence-corrected chi connectivity index (χ0v) is 11.4. The van der Waals surface area contributed by atoms with Crippen LogP contribution >= 0.6 is 0 Å². The van der Waals surface area contributed by atoms with Gasteiger partial charge < -0.3 is 15.2 Å². The Balaban J connectivity index is 1.93. The van der Waals surface area contributed by atoms with Gasteiger partial charge in [-0.05, 0) is 37.4 Å². The zero-order valence-electron chi connectivity index (χ0n) is 11.4. The van der Waals surface area contributed by atoms with Crippen LogP contribution in [0.4, 0.5) is 0 Å².